The van der Waals surface area contributed by atoms with Crippen molar-refractivity contribution >= 4 is 23.1 Å². The minimum Gasteiger partial charge on any atom is -0.336 e. The molecule has 2 aromatic heterocycles. The Balaban J connectivity index is 1.44. The van der Waals surface area contributed by atoms with Gasteiger partial charge in [0.25, 0.3) is 5.56 Å². The van der Waals surface area contributed by atoms with Crippen LogP contribution < -0.4 is 16.2 Å². The van der Waals surface area contributed by atoms with Crippen molar-refractivity contribution in [2.45, 2.75) is 20.4 Å². The molecule has 0 unspecified atom stereocenters. The van der Waals surface area contributed by atoms with E-state index in [4.69, 9.17) is 0 Å². The summed E-state index contributed by atoms with van der Waals surface area (Å²) in [6.45, 7) is 4.39. The fraction of sp³-hybridized carbons (Fsp3) is 0.167. The number of hydrogen-bond acceptors (Lipinski definition) is 5. The lowest BCUT2D eigenvalue weighted by atomic mass is 10.2. The Labute approximate surface area is 189 Å². The van der Waals surface area contributed by atoms with E-state index in [1.54, 1.807) is 17.4 Å². The third-order valence-corrected chi connectivity index (χ3v) is 6.15. The Morgan fingerprint density at radius 3 is 2.53 bits per heavy atom. The van der Waals surface area contributed by atoms with Crippen LogP contribution in [0.3, 0.4) is 0 Å². The second-order valence-corrected chi connectivity index (χ2v) is 8.27. The first-order chi connectivity index (χ1) is 15.5. The number of hydrogen-bond donors (Lipinski definition) is 2. The molecule has 0 aliphatic heterocycles. The summed E-state index contributed by atoms with van der Waals surface area (Å²) in [6, 6.07) is 20.4. The minimum absolute atomic E-state index is 0.222. The molecule has 0 radical (unpaired) electrons. The maximum atomic E-state index is 12.3. The Morgan fingerprint density at radius 2 is 1.75 bits per heavy atom. The number of aromatic nitrogens is 3. The molecule has 0 bridgehead atoms. The van der Waals surface area contributed by atoms with Gasteiger partial charge in [-0.1, -0.05) is 48.5 Å². The predicted octanol–water partition coefficient (Wildman–Crippen LogP) is 4.47. The van der Waals surface area contributed by atoms with E-state index in [0.717, 1.165) is 32.4 Å². The van der Waals surface area contributed by atoms with Gasteiger partial charge in [-0.3, -0.25) is 4.79 Å². The molecule has 0 saturated carbocycles. The highest BCUT2D eigenvalue weighted by atomic mass is 32.1. The molecule has 2 amide bonds. The second-order valence-electron chi connectivity index (χ2n) is 7.28. The summed E-state index contributed by atoms with van der Waals surface area (Å²) in [7, 11) is 0. The van der Waals surface area contributed by atoms with Crippen LogP contribution in [0.25, 0.3) is 21.1 Å². The Bertz CT molecular complexity index is 1300. The molecule has 0 aliphatic rings. The van der Waals surface area contributed by atoms with E-state index in [-0.39, 0.29) is 24.7 Å². The summed E-state index contributed by atoms with van der Waals surface area (Å²) in [6.07, 6.45) is 0. The molecule has 0 saturated heterocycles. The van der Waals surface area contributed by atoms with Gasteiger partial charge in [0.15, 0.2) is 0 Å². The number of anilines is 1. The third-order valence-electron chi connectivity index (χ3n) is 4.92. The van der Waals surface area contributed by atoms with Gasteiger partial charge in [0.1, 0.15) is 10.7 Å². The van der Waals surface area contributed by atoms with Gasteiger partial charge < -0.3 is 10.6 Å². The maximum Gasteiger partial charge on any atom is 0.319 e. The average molecular weight is 446 g/mol. The monoisotopic (exact) mass is 445 g/mol. The zero-order chi connectivity index (χ0) is 22.5. The lowest BCUT2D eigenvalue weighted by Gasteiger charge is -2.10. The zero-order valence-corrected chi connectivity index (χ0v) is 18.6. The molecule has 0 aliphatic carbocycles. The highest BCUT2D eigenvalue weighted by Gasteiger charge is 2.14. The van der Waals surface area contributed by atoms with E-state index in [1.807, 2.05) is 68.4 Å². The van der Waals surface area contributed by atoms with Crippen LogP contribution in [0.4, 0.5) is 10.5 Å². The quantitative estimate of drug-likeness (QED) is 0.458. The minimum atomic E-state index is -0.325. The normalized spacial score (nSPS) is 10.7. The number of urea groups is 1. The SMILES string of the molecule is Cc1ccccc1NC(=O)NCCn1nc(-c2sc(-c3ccccc3)nc2C)ccc1=O. The summed E-state index contributed by atoms with van der Waals surface area (Å²) >= 11 is 1.54. The van der Waals surface area contributed by atoms with Crippen molar-refractivity contribution < 1.29 is 4.79 Å². The van der Waals surface area contributed by atoms with Crippen LogP contribution in [-0.4, -0.2) is 27.3 Å². The molecule has 2 N–H and O–H groups in total. The van der Waals surface area contributed by atoms with Crippen LogP contribution in [-0.2, 0) is 6.54 Å². The number of para-hydroxylation sites is 1. The van der Waals surface area contributed by atoms with Gasteiger partial charge >= 0.3 is 6.03 Å². The fourth-order valence-corrected chi connectivity index (χ4v) is 4.26. The Kier molecular flexibility index (Phi) is 6.42. The number of rotatable bonds is 6. The van der Waals surface area contributed by atoms with Crippen LogP contribution in [0.5, 0.6) is 0 Å². The molecule has 32 heavy (non-hydrogen) atoms. The van der Waals surface area contributed by atoms with Crippen molar-refractivity contribution in [3.8, 4) is 21.1 Å². The molecule has 0 fully saturated rings. The lowest BCUT2D eigenvalue weighted by molar-refractivity contribution is 0.251. The highest BCUT2D eigenvalue weighted by molar-refractivity contribution is 7.18. The van der Waals surface area contributed by atoms with Crippen molar-refractivity contribution in [1.29, 1.82) is 0 Å². The van der Waals surface area contributed by atoms with Crippen LogP contribution in [0, 0.1) is 13.8 Å². The van der Waals surface area contributed by atoms with Crippen molar-refractivity contribution in [3.63, 3.8) is 0 Å². The van der Waals surface area contributed by atoms with E-state index in [9.17, 15) is 9.59 Å². The first-order valence-electron chi connectivity index (χ1n) is 10.2. The van der Waals surface area contributed by atoms with E-state index >= 15 is 0 Å². The van der Waals surface area contributed by atoms with E-state index < -0.39 is 0 Å². The largest absolute Gasteiger partial charge is 0.336 e. The van der Waals surface area contributed by atoms with Crippen LogP contribution in [0.2, 0.25) is 0 Å². The molecular formula is C24H23N5O2S. The summed E-state index contributed by atoms with van der Waals surface area (Å²) in [5.74, 6) is 0. The van der Waals surface area contributed by atoms with Crippen molar-refractivity contribution in [3.05, 3.63) is 88.3 Å². The zero-order valence-electron chi connectivity index (χ0n) is 17.8. The molecule has 8 heteroatoms. The standard InChI is InChI=1S/C24H23N5O2S/c1-16-8-6-7-11-19(16)27-24(31)25-14-15-29-21(30)13-12-20(28-29)22-17(2)26-23(32-22)18-9-4-3-5-10-18/h3-13H,14-15H2,1-2H3,(H2,25,27,31). The van der Waals surface area contributed by atoms with Crippen molar-refractivity contribution in [2.75, 3.05) is 11.9 Å². The molecule has 0 spiro atoms. The van der Waals surface area contributed by atoms with Crippen LogP contribution in [0.15, 0.2) is 71.5 Å². The lowest BCUT2D eigenvalue weighted by Crippen LogP contribution is -2.34. The van der Waals surface area contributed by atoms with Gasteiger partial charge in [0.05, 0.1) is 17.1 Å². The number of carbonyl (C=O) groups is 1. The predicted molar refractivity (Wildman–Crippen MR) is 128 cm³/mol. The number of nitrogens with one attached hydrogen (secondary N) is 2. The number of amides is 2. The molecule has 2 heterocycles. The van der Waals surface area contributed by atoms with Gasteiger partial charge in [0.2, 0.25) is 0 Å². The number of nitrogens with zero attached hydrogens (tertiary/aromatic N) is 3. The molecule has 162 valence electrons. The van der Waals surface area contributed by atoms with E-state index in [1.165, 1.54) is 10.7 Å². The number of benzene rings is 2. The maximum absolute atomic E-state index is 12.3. The molecule has 7 nitrogen and oxygen atoms in total. The summed E-state index contributed by atoms with van der Waals surface area (Å²) in [5, 5.41) is 11.0. The molecule has 4 rings (SSSR count). The number of aryl methyl sites for hydroxylation is 2. The molecule has 2 aromatic carbocycles. The van der Waals surface area contributed by atoms with Crippen molar-refractivity contribution in [2.24, 2.45) is 0 Å². The summed E-state index contributed by atoms with van der Waals surface area (Å²) < 4.78 is 1.37. The van der Waals surface area contributed by atoms with E-state index in [2.05, 4.69) is 20.7 Å². The van der Waals surface area contributed by atoms with Gasteiger partial charge in [-0.05, 0) is 31.5 Å². The Hall–Kier alpha value is -3.78. The molecule has 4 aromatic rings. The first-order valence-corrected chi connectivity index (χ1v) is 11.0. The van der Waals surface area contributed by atoms with Crippen LogP contribution in [0.1, 0.15) is 11.3 Å². The number of thiazole rings is 1. The smallest absolute Gasteiger partial charge is 0.319 e. The van der Waals surface area contributed by atoms with Gasteiger partial charge in [-0.25, -0.2) is 14.5 Å². The number of carbonyl (C=O) groups excluding carboxylic acids is 1. The second kappa shape index (κ2) is 9.57. The first kappa shape index (κ1) is 21.5. The fourth-order valence-electron chi connectivity index (χ4n) is 3.22. The van der Waals surface area contributed by atoms with Gasteiger partial charge in [0, 0.05) is 23.9 Å². The van der Waals surface area contributed by atoms with Gasteiger partial charge in [-0.2, -0.15) is 5.10 Å². The average Bonchev–Trinajstić information content (AvgIpc) is 3.19. The molecular weight excluding hydrogens is 422 g/mol. The Morgan fingerprint density at radius 1 is 1.00 bits per heavy atom. The molecule has 0 atom stereocenters. The topological polar surface area (TPSA) is 88.9 Å². The van der Waals surface area contributed by atoms with Crippen molar-refractivity contribution in [1.82, 2.24) is 20.1 Å². The third kappa shape index (κ3) is 4.92. The highest BCUT2D eigenvalue weighted by Crippen LogP contribution is 2.33. The summed E-state index contributed by atoms with van der Waals surface area (Å²) in [4.78, 5) is 30.0. The van der Waals surface area contributed by atoms with Crippen LogP contribution >= 0.6 is 11.3 Å². The summed E-state index contributed by atoms with van der Waals surface area (Å²) in [5.41, 5.74) is 4.10. The van der Waals surface area contributed by atoms with Gasteiger partial charge in [-0.15, -0.1) is 11.3 Å². The van der Waals surface area contributed by atoms with E-state index in [0.29, 0.717) is 5.69 Å².